The summed E-state index contributed by atoms with van der Waals surface area (Å²) < 4.78 is 38.6. The van der Waals surface area contributed by atoms with E-state index in [4.69, 9.17) is 9.15 Å². The molecular weight excluding hydrogens is 292 g/mol. The maximum atomic E-state index is 12.5. The third-order valence-corrected chi connectivity index (χ3v) is 5.64. The first-order chi connectivity index (χ1) is 9.95. The third kappa shape index (κ3) is 3.48. The maximum absolute atomic E-state index is 12.5. The fraction of sp³-hybridized carbons (Fsp3) is 0.714. The first-order valence-electron chi connectivity index (χ1n) is 7.42. The summed E-state index contributed by atoms with van der Waals surface area (Å²) in [7, 11) is -3.56. The molecule has 0 bridgehead atoms. The van der Waals surface area contributed by atoms with Crippen molar-refractivity contribution in [3.63, 3.8) is 0 Å². The minimum atomic E-state index is -3.56. The van der Waals surface area contributed by atoms with E-state index in [2.05, 4.69) is 10.0 Å². The van der Waals surface area contributed by atoms with Gasteiger partial charge >= 0.3 is 0 Å². The highest BCUT2D eigenvalue weighted by Crippen LogP contribution is 2.24. The molecule has 6 nitrogen and oxygen atoms in total. The Balaban J connectivity index is 1.71. The zero-order valence-electron chi connectivity index (χ0n) is 12.4. The molecule has 2 atom stereocenters. The van der Waals surface area contributed by atoms with Crippen LogP contribution < -0.4 is 10.0 Å². The summed E-state index contributed by atoms with van der Waals surface area (Å²) in [6.45, 7) is 4.73. The molecule has 1 aliphatic carbocycles. The van der Waals surface area contributed by atoms with Gasteiger partial charge in [0.1, 0.15) is 16.4 Å². The topological polar surface area (TPSA) is 80.6 Å². The summed E-state index contributed by atoms with van der Waals surface area (Å²) in [5.41, 5.74) is 0. The SMILES string of the molecule is Cc1oc(CNC2CC2)cc1S(=O)(=O)NC1CCOC1C. The van der Waals surface area contributed by atoms with Crippen molar-refractivity contribution in [2.45, 2.75) is 62.7 Å². The van der Waals surface area contributed by atoms with Crippen molar-refractivity contribution in [1.29, 1.82) is 0 Å². The predicted octanol–water partition coefficient (Wildman–Crippen LogP) is 1.30. The quantitative estimate of drug-likeness (QED) is 0.827. The van der Waals surface area contributed by atoms with Gasteiger partial charge in [-0.25, -0.2) is 13.1 Å². The Kier molecular flexibility index (Phi) is 4.09. The van der Waals surface area contributed by atoms with E-state index >= 15 is 0 Å². The third-order valence-electron chi connectivity index (χ3n) is 4.04. The molecule has 21 heavy (non-hydrogen) atoms. The second kappa shape index (κ2) is 5.72. The fourth-order valence-electron chi connectivity index (χ4n) is 2.56. The Morgan fingerprint density at radius 1 is 1.33 bits per heavy atom. The average molecular weight is 314 g/mol. The average Bonchev–Trinajstić information content (AvgIpc) is 3.05. The van der Waals surface area contributed by atoms with Crippen LogP contribution in [0.25, 0.3) is 0 Å². The lowest BCUT2D eigenvalue weighted by atomic mass is 10.2. The second-order valence-electron chi connectivity index (χ2n) is 5.88. The van der Waals surface area contributed by atoms with Gasteiger partial charge in [-0.3, -0.25) is 0 Å². The van der Waals surface area contributed by atoms with Crippen LogP contribution in [0, 0.1) is 6.92 Å². The molecule has 0 amide bonds. The fourth-order valence-corrected chi connectivity index (χ4v) is 4.10. The van der Waals surface area contributed by atoms with Gasteiger partial charge in [-0.15, -0.1) is 0 Å². The lowest BCUT2D eigenvalue weighted by molar-refractivity contribution is 0.117. The van der Waals surface area contributed by atoms with Crippen LogP contribution in [-0.2, 0) is 21.3 Å². The molecule has 2 aliphatic rings. The van der Waals surface area contributed by atoms with Crippen LogP contribution in [-0.4, -0.2) is 33.2 Å². The largest absolute Gasteiger partial charge is 0.464 e. The van der Waals surface area contributed by atoms with E-state index < -0.39 is 10.0 Å². The molecule has 0 radical (unpaired) electrons. The zero-order chi connectivity index (χ0) is 15.0. The first kappa shape index (κ1) is 15.0. The molecule has 2 heterocycles. The van der Waals surface area contributed by atoms with Gasteiger partial charge in [-0.2, -0.15) is 0 Å². The van der Waals surface area contributed by atoms with Gasteiger partial charge in [0.25, 0.3) is 0 Å². The van der Waals surface area contributed by atoms with Gasteiger partial charge in [0.2, 0.25) is 10.0 Å². The first-order valence-corrected chi connectivity index (χ1v) is 8.90. The lowest BCUT2D eigenvalue weighted by Gasteiger charge is -2.15. The highest BCUT2D eigenvalue weighted by atomic mass is 32.2. The number of aryl methyl sites for hydroxylation is 1. The van der Waals surface area contributed by atoms with Crippen LogP contribution in [0.1, 0.15) is 37.7 Å². The van der Waals surface area contributed by atoms with Crippen molar-refractivity contribution in [3.8, 4) is 0 Å². The van der Waals surface area contributed by atoms with E-state index in [1.165, 1.54) is 12.8 Å². The van der Waals surface area contributed by atoms with Gasteiger partial charge in [0.05, 0.1) is 18.7 Å². The summed E-state index contributed by atoms with van der Waals surface area (Å²) in [4.78, 5) is 0.231. The number of furan rings is 1. The Morgan fingerprint density at radius 2 is 2.10 bits per heavy atom. The van der Waals surface area contributed by atoms with Crippen LogP contribution in [0.15, 0.2) is 15.4 Å². The summed E-state index contributed by atoms with van der Waals surface area (Å²) in [5, 5.41) is 3.32. The summed E-state index contributed by atoms with van der Waals surface area (Å²) >= 11 is 0. The van der Waals surface area contributed by atoms with E-state index in [1.807, 2.05) is 6.92 Å². The highest BCUT2D eigenvalue weighted by Gasteiger charge is 2.31. The van der Waals surface area contributed by atoms with Gasteiger partial charge in [-0.05, 0) is 33.1 Å². The van der Waals surface area contributed by atoms with Crippen molar-refractivity contribution >= 4 is 10.0 Å². The van der Waals surface area contributed by atoms with Crippen molar-refractivity contribution < 1.29 is 17.6 Å². The van der Waals surface area contributed by atoms with Crippen LogP contribution >= 0.6 is 0 Å². The van der Waals surface area contributed by atoms with E-state index in [1.54, 1.807) is 13.0 Å². The Bertz CT molecular complexity index is 606. The normalized spacial score (nSPS) is 26.4. The van der Waals surface area contributed by atoms with Gasteiger partial charge in [0, 0.05) is 18.7 Å². The highest BCUT2D eigenvalue weighted by molar-refractivity contribution is 7.89. The van der Waals surface area contributed by atoms with E-state index in [0.717, 1.165) is 0 Å². The molecule has 2 N–H and O–H groups in total. The Hall–Kier alpha value is -0.890. The number of hydrogen-bond donors (Lipinski definition) is 2. The van der Waals surface area contributed by atoms with Crippen molar-refractivity contribution in [1.82, 2.24) is 10.0 Å². The molecule has 2 fully saturated rings. The van der Waals surface area contributed by atoms with Crippen LogP contribution in [0.2, 0.25) is 0 Å². The smallest absolute Gasteiger partial charge is 0.244 e. The lowest BCUT2D eigenvalue weighted by Crippen LogP contribution is -2.39. The van der Waals surface area contributed by atoms with Crippen LogP contribution in [0.4, 0.5) is 0 Å². The number of ether oxygens (including phenoxy) is 1. The minimum absolute atomic E-state index is 0.0945. The van der Waals surface area contributed by atoms with E-state index in [0.29, 0.717) is 37.1 Å². The van der Waals surface area contributed by atoms with Gasteiger partial charge in [-0.1, -0.05) is 0 Å². The number of hydrogen-bond acceptors (Lipinski definition) is 5. The van der Waals surface area contributed by atoms with E-state index in [-0.39, 0.29) is 17.0 Å². The van der Waals surface area contributed by atoms with E-state index in [9.17, 15) is 8.42 Å². The molecule has 118 valence electrons. The number of sulfonamides is 1. The monoisotopic (exact) mass is 314 g/mol. The maximum Gasteiger partial charge on any atom is 0.244 e. The standard InChI is InChI=1S/C14H22N2O4S/c1-9-13(5-6-19-9)16-21(17,18)14-7-12(20-10(14)2)8-15-11-3-4-11/h7,9,11,13,15-16H,3-6,8H2,1-2H3. The molecule has 2 unspecified atom stereocenters. The minimum Gasteiger partial charge on any atom is -0.464 e. The zero-order valence-corrected chi connectivity index (χ0v) is 13.2. The predicted molar refractivity (Wildman–Crippen MR) is 77.4 cm³/mol. The molecule has 1 aromatic heterocycles. The van der Waals surface area contributed by atoms with Gasteiger partial charge < -0.3 is 14.5 Å². The number of nitrogens with one attached hydrogen (secondary N) is 2. The summed E-state index contributed by atoms with van der Waals surface area (Å²) in [5.74, 6) is 1.09. The van der Waals surface area contributed by atoms with Crippen molar-refractivity contribution in [2.75, 3.05) is 6.61 Å². The Morgan fingerprint density at radius 3 is 2.71 bits per heavy atom. The molecule has 1 saturated heterocycles. The molecule has 3 rings (SSSR count). The van der Waals surface area contributed by atoms with Crippen molar-refractivity contribution in [3.05, 3.63) is 17.6 Å². The second-order valence-corrected chi connectivity index (χ2v) is 7.56. The van der Waals surface area contributed by atoms with Crippen molar-refractivity contribution in [2.24, 2.45) is 0 Å². The molecule has 1 aromatic rings. The van der Waals surface area contributed by atoms with Crippen LogP contribution in [0.3, 0.4) is 0 Å². The molecule has 0 aromatic carbocycles. The Labute approximate surface area is 125 Å². The van der Waals surface area contributed by atoms with Crippen LogP contribution in [0.5, 0.6) is 0 Å². The molecule has 1 aliphatic heterocycles. The molecular formula is C14H22N2O4S. The molecule has 0 spiro atoms. The molecule has 7 heteroatoms. The molecule has 1 saturated carbocycles. The van der Waals surface area contributed by atoms with Gasteiger partial charge in [0.15, 0.2) is 0 Å². The summed E-state index contributed by atoms with van der Waals surface area (Å²) in [6, 6.07) is 2.01. The number of rotatable bonds is 6. The summed E-state index contributed by atoms with van der Waals surface area (Å²) in [6.07, 6.45) is 2.98.